The second-order valence-corrected chi connectivity index (χ2v) is 6.45. The Kier molecular flexibility index (Phi) is 4.69. The zero-order chi connectivity index (χ0) is 19.7. The lowest BCUT2D eigenvalue weighted by Gasteiger charge is -2.06. The summed E-state index contributed by atoms with van der Waals surface area (Å²) in [6, 6.07) is 8.50. The van der Waals surface area contributed by atoms with Crippen molar-refractivity contribution in [3.8, 4) is 23.3 Å². The summed E-state index contributed by atoms with van der Waals surface area (Å²) in [6.45, 7) is 0. The third kappa shape index (κ3) is 3.29. The van der Waals surface area contributed by atoms with Crippen molar-refractivity contribution in [1.29, 1.82) is 5.26 Å². The van der Waals surface area contributed by atoms with Gasteiger partial charge in [-0.25, -0.2) is 19.9 Å². The van der Waals surface area contributed by atoms with E-state index in [1.54, 1.807) is 30.5 Å². The molecule has 1 aromatic carbocycles. The molecule has 8 nitrogen and oxygen atoms in total. The van der Waals surface area contributed by atoms with Crippen molar-refractivity contribution in [3.05, 3.63) is 52.4 Å². The summed E-state index contributed by atoms with van der Waals surface area (Å²) in [5, 5.41) is 12.8. The number of pyridine rings is 1. The van der Waals surface area contributed by atoms with E-state index in [4.69, 9.17) is 33.2 Å². The predicted molar refractivity (Wildman–Crippen MR) is 106 cm³/mol. The van der Waals surface area contributed by atoms with Crippen LogP contribution in [0.15, 0.2) is 36.8 Å². The Bertz CT molecular complexity index is 1210. The number of methoxy groups -OCH3 is 1. The van der Waals surface area contributed by atoms with Gasteiger partial charge in [0, 0.05) is 12.3 Å². The summed E-state index contributed by atoms with van der Waals surface area (Å²) in [5.74, 6) is 1.91. The number of benzene rings is 1. The van der Waals surface area contributed by atoms with Gasteiger partial charge >= 0.3 is 0 Å². The van der Waals surface area contributed by atoms with E-state index in [9.17, 15) is 0 Å². The summed E-state index contributed by atoms with van der Waals surface area (Å²) >= 11 is 12.6. The highest BCUT2D eigenvalue weighted by Gasteiger charge is 2.16. The Hall–Kier alpha value is -3.41. The number of nitrogens with zero attached hydrogens (tertiary/aromatic N) is 5. The van der Waals surface area contributed by atoms with Crippen LogP contribution < -0.4 is 10.1 Å². The van der Waals surface area contributed by atoms with E-state index in [1.165, 1.54) is 13.4 Å². The molecule has 0 atom stereocenters. The van der Waals surface area contributed by atoms with Crippen molar-refractivity contribution in [2.45, 2.75) is 0 Å². The Balaban J connectivity index is 1.79. The minimum Gasteiger partial charge on any atom is -0.481 e. The summed E-state index contributed by atoms with van der Waals surface area (Å²) in [6.07, 6.45) is 3.01. The molecule has 138 valence electrons. The molecule has 0 aliphatic carbocycles. The molecule has 0 bridgehead atoms. The number of aromatic amines is 1. The summed E-state index contributed by atoms with van der Waals surface area (Å²) in [7, 11) is 1.53. The third-order valence-corrected chi connectivity index (χ3v) is 4.51. The monoisotopic (exact) mass is 411 g/mol. The van der Waals surface area contributed by atoms with E-state index in [-0.39, 0.29) is 0 Å². The fourth-order valence-electron chi connectivity index (χ4n) is 2.65. The quantitative estimate of drug-likeness (QED) is 0.513. The van der Waals surface area contributed by atoms with Crippen LogP contribution >= 0.6 is 23.2 Å². The first kappa shape index (κ1) is 18.0. The molecule has 3 aromatic heterocycles. The molecule has 3 heterocycles. The smallest absolute Gasteiger partial charge is 0.218 e. The van der Waals surface area contributed by atoms with Crippen molar-refractivity contribution >= 4 is 45.9 Å². The van der Waals surface area contributed by atoms with Crippen molar-refractivity contribution in [1.82, 2.24) is 24.9 Å². The molecule has 4 aromatic rings. The van der Waals surface area contributed by atoms with Crippen LogP contribution in [0.1, 0.15) is 5.56 Å². The molecule has 0 unspecified atom stereocenters. The molecule has 0 saturated carbocycles. The van der Waals surface area contributed by atoms with Gasteiger partial charge in [0.2, 0.25) is 5.88 Å². The van der Waals surface area contributed by atoms with Gasteiger partial charge in [-0.15, -0.1) is 0 Å². The van der Waals surface area contributed by atoms with Crippen molar-refractivity contribution < 1.29 is 4.74 Å². The van der Waals surface area contributed by atoms with Crippen molar-refractivity contribution in [2.75, 3.05) is 12.4 Å². The lowest BCUT2D eigenvalue weighted by atomic mass is 10.1. The number of rotatable bonds is 4. The van der Waals surface area contributed by atoms with Crippen LogP contribution in [0.25, 0.3) is 22.4 Å². The van der Waals surface area contributed by atoms with Crippen LogP contribution in [0.2, 0.25) is 10.0 Å². The average molecular weight is 412 g/mol. The van der Waals surface area contributed by atoms with Gasteiger partial charge < -0.3 is 15.0 Å². The Morgan fingerprint density at radius 1 is 1.14 bits per heavy atom. The number of nitriles is 1. The van der Waals surface area contributed by atoms with E-state index >= 15 is 0 Å². The van der Waals surface area contributed by atoms with Crippen LogP contribution in [-0.4, -0.2) is 32.0 Å². The zero-order valence-electron chi connectivity index (χ0n) is 14.4. The molecule has 0 amide bonds. The Morgan fingerprint density at radius 3 is 2.64 bits per heavy atom. The molecular weight excluding hydrogens is 401 g/mol. The molecule has 10 heteroatoms. The molecule has 0 spiro atoms. The maximum atomic E-state index is 9.05. The van der Waals surface area contributed by atoms with Gasteiger partial charge in [0.1, 0.15) is 23.5 Å². The fourth-order valence-corrected chi connectivity index (χ4v) is 3.32. The van der Waals surface area contributed by atoms with Crippen molar-refractivity contribution in [3.63, 3.8) is 0 Å². The summed E-state index contributed by atoms with van der Waals surface area (Å²) in [5.41, 5.74) is 2.18. The molecule has 2 N–H and O–H groups in total. The number of hydrogen-bond acceptors (Lipinski definition) is 7. The molecule has 0 saturated heterocycles. The highest BCUT2D eigenvalue weighted by molar-refractivity contribution is 6.39. The van der Waals surface area contributed by atoms with Gasteiger partial charge in [-0.3, -0.25) is 0 Å². The predicted octanol–water partition coefficient (Wildman–Crippen LogP) is 4.35. The number of halogens is 2. The topological polar surface area (TPSA) is 112 Å². The molecule has 0 aliphatic heterocycles. The molecule has 0 fully saturated rings. The number of hydrogen-bond donors (Lipinski definition) is 2. The highest BCUT2D eigenvalue weighted by atomic mass is 35.5. The highest BCUT2D eigenvalue weighted by Crippen LogP contribution is 2.36. The van der Waals surface area contributed by atoms with E-state index in [2.05, 4.69) is 30.2 Å². The van der Waals surface area contributed by atoms with Crippen LogP contribution in [-0.2, 0) is 0 Å². The SMILES string of the molecule is COc1cc(Nc2nccc3nc(-c4c(Cl)cc(C#N)cc4Cl)[nH]c23)ncn1. The number of ether oxygens (including phenoxy) is 1. The number of anilines is 2. The number of aromatic nitrogens is 5. The average Bonchev–Trinajstić information content (AvgIpc) is 3.12. The summed E-state index contributed by atoms with van der Waals surface area (Å²) < 4.78 is 5.10. The minimum atomic E-state index is 0.325. The normalized spacial score (nSPS) is 10.6. The number of nitrogens with one attached hydrogen (secondary N) is 2. The first-order valence-corrected chi connectivity index (χ1v) is 8.72. The van der Waals surface area contributed by atoms with Gasteiger partial charge in [0.05, 0.1) is 39.9 Å². The maximum Gasteiger partial charge on any atom is 0.218 e. The van der Waals surface area contributed by atoms with Gasteiger partial charge in [-0.1, -0.05) is 23.2 Å². The van der Waals surface area contributed by atoms with E-state index in [0.717, 1.165) is 0 Å². The van der Waals surface area contributed by atoms with Crippen LogP contribution in [0.3, 0.4) is 0 Å². The van der Waals surface area contributed by atoms with Gasteiger partial charge in [0.15, 0.2) is 5.82 Å². The zero-order valence-corrected chi connectivity index (χ0v) is 15.9. The molecule has 4 rings (SSSR count). The first-order valence-electron chi connectivity index (χ1n) is 7.96. The van der Waals surface area contributed by atoms with Crippen LogP contribution in [0.5, 0.6) is 5.88 Å². The molecule has 0 aliphatic rings. The largest absolute Gasteiger partial charge is 0.481 e. The molecular formula is C18H11Cl2N7O. The maximum absolute atomic E-state index is 9.05. The number of H-pyrrole nitrogens is 1. The molecule has 0 radical (unpaired) electrons. The lowest BCUT2D eigenvalue weighted by molar-refractivity contribution is 0.397. The molecule has 28 heavy (non-hydrogen) atoms. The van der Waals surface area contributed by atoms with Crippen molar-refractivity contribution in [2.24, 2.45) is 0 Å². The van der Waals surface area contributed by atoms with Gasteiger partial charge in [-0.05, 0) is 18.2 Å². The first-order chi connectivity index (χ1) is 13.6. The number of fused-ring (bicyclic) bond motifs is 1. The Morgan fingerprint density at radius 2 is 1.93 bits per heavy atom. The van der Waals surface area contributed by atoms with Crippen LogP contribution in [0, 0.1) is 11.3 Å². The third-order valence-electron chi connectivity index (χ3n) is 3.91. The van der Waals surface area contributed by atoms with Gasteiger partial charge in [-0.2, -0.15) is 5.26 Å². The number of imidazole rings is 1. The standard InChI is InChI=1S/C18H11Cl2N7O/c1-28-14-6-13(23-8-24-14)26-18-16-12(2-3-22-18)25-17(27-16)15-10(19)4-9(7-21)5-11(15)20/h2-6,8H,1H3,(H,25,27)(H,22,23,24,26). The lowest BCUT2D eigenvalue weighted by Crippen LogP contribution is -1.98. The second kappa shape index (κ2) is 7.31. The van der Waals surface area contributed by atoms with E-state index < -0.39 is 0 Å². The van der Waals surface area contributed by atoms with E-state index in [1.807, 2.05) is 6.07 Å². The Labute approximate surface area is 169 Å². The van der Waals surface area contributed by atoms with Gasteiger partial charge in [0.25, 0.3) is 0 Å². The van der Waals surface area contributed by atoms with Crippen LogP contribution in [0.4, 0.5) is 11.6 Å². The second-order valence-electron chi connectivity index (χ2n) is 5.64. The summed E-state index contributed by atoms with van der Waals surface area (Å²) in [4.78, 5) is 20.2. The minimum absolute atomic E-state index is 0.325. The fraction of sp³-hybridized carbons (Fsp3) is 0.0556. The van der Waals surface area contributed by atoms with E-state index in [0.29, 0.717) is 55.5 Å².